The lowest BCUT2D eigenvalue weighted by Gasteiger charge is -2.22. The summed E-state index contributed by atoms with van der Waals surface area (Å²) < 4.78 is 10.7. The second-order valence-electron chi connectivity index (χ2n) is 4.45. The van der Waals surface area contributed by atoms with Crippen molar-refractivity contribution in [2.75, 3.05) is 26.4 Å². The van der Waals surface area contributed by atoms with Gasteiger partial charge in [-0.3, -0.25) is 0 Å². The predicted octanol–water partition coefficient (Wildman–Crippen LogP) is 1.06. The molecule has 0 radical (unpaired) electrons. The molecule has 2 unspecified atom stereocenters. The first-order valence-corrected chi connectivity index (χ1v) is 6.33. The van der Waals surface area contributed by atoms with Crippen molar-refractivity contribution < 1.29 is 19.1 Å². The molecule has 2 aliphatic heterocycles. The minimum absolute atomic E-state index is 0.0761. The van der Waals surface area contributed by atoms with E-state index in [2.05, 4.69) is 5.32 Å². The number of benzene rings is 1. The first-order chi connectivity index (χ1) is 9.34. The van der Waals surface area contributed by atoms with Crippen LogP contribution < -0.4 is 5.32 Å². The predicted molar refractivity (Wildman–Crippen MR) is 66.1 cm³/mol. The van der Waals surface area contributed by atoms with Crippen LogP contribution in [-0.2, 0) is 14.3 Å². The molecular weight excluding hydrogens is 248 g/mol. The molecule has 2 amide bonds. The summed E-state index contributed by atoms with van der Waals surface area (Å²) in [5, 5.41) is 4.09. The maximum atomic E-state index is 11.8. The van der Waals surface area contributed by atoms with Gasteiger partial charge in [-0.05, 0) is 0 Å². The zero-order chi connectivity index (χ0) is 13.1. The summed E-state index contributed by atoms with van der Waals surface area (Å²) in [5.74, 6) is 0. The molecule has 0 aromatic heterocycles. The summed E-state index contributed by atoms with van der Waals surface area (Å²) >= 11 is 0. The Hall–Kier alpha value is -1.63. The molecule has 0 spiro atoms. The number of carbonyl (C=O) groups is 1. The summed E-state index contributed by atoms with van der Waals surface area (Å²) in [7, 11) is 0. The van der Waals surface area contributed by atoms with Crippen LogP contribution in [0.5, 0.6) is 0 Å². The highest BCUT2D eigenvalue weighted by molar-refractivity contribution is 5.75. The maximum absolute atomic E-state index is 11.8. The first kappa shape index (κ1) is 12.4. The van der Waals surface area contributed by atoms with Crippen LogP contribution >= 0.6 is 0 Å². The van der Waals surface area contributed by atoms with Crippen molar-refractivity contribution in [2.45, 2.75) is 12.3 Å². The van der Waals surface area contributed by atoms with Crippen molar-refractivity contribution in [3.8, 4) is 0 Å². The lowest BCUT2D eigenvalue weighted by molar-refractivity contribution is -0.0856. The van der Waals surface area contributed by atoms with Crippen LogP contribution in [0.2, 0.25) is 0 Å². The zero-order valence-corrected chi connectivity index (χ0v) is 10.5. The highest BCUT2D eigenvalue weighted by Crippen LogP contribution is 2.36. The first-order valence-electron chi connectivity index (χ1n) is 6.33. The van der Waals surface area contributed by atoms with Gasteiger partial charge in [-0.25, -0.2) is 9.63 Å². The summed E-state index contributed by atoms with van der Waals surface area (Å²) in [4.78, 5) is 17.1. The molecule has 2 fully saturated rings. The fourth-order valence-corrected chi connectivity index (χ4v) is 1.98. The molecule has 2 aliphatic rings. The molecule has 0 saturated carbocycles. The van der Waals surface area contributed by atoms with Gasteiger partial charge in [-0.15, -0.1) is 0 Å². The van der Waals surface area contributed by atoms with Crippen LogP contribution in [-0.4, -0.2) is 43.6 Å². The SMILES string of the molecule is O=C(NCC1COCCO1)N1OC1c1ccccc1. The van der Waals surface area contributed by atoms with Crippen LogP contribution in [0.15, 0.2) is 30.3 Å². The second-order valence-corrected chi connectivity index (χ2v) is 4.45. The van der Waals surface area contributed by atoms with Crippen LogP contribution in [0.25, 0.3) is 0 Å². The summed E-state index contributed by atoms with van der Waals surface area (Å²) in [5.41, 5.74) is 0.967. The van der Waals surface area contributed by atoms with E-state index in [1.165, 1.54) is 5.06 Å². The standard InChI is InChI=1S/C13H16N2O4/c16-13(14-8-11-9-17-6-7-18-11)15-12(19-15)10-4-2-1-3-5-10/h1-5,11-12H,6-9H2,(H,14,16). The van der Waals surface area contributed by atoms with E-state index in [4.69, 9.17) is 14.3 Å². The Morgan fingerprint density at radius 1 is 1.32 bits per heavy atom. The highest BCUT2D eigenvalue weighted by Gasteiger charge is 2.42. The lowest BCUT2D eigenvalue weighted by atomic mass is 10.2. The molecular formula is C13H16N2O4. The quantitative estimate of drug-likeness (QED) is 0.829. The summed E-state index contributed by atoms with van der Waals surface area (Å²) in [6.07, 6.45) is -0.349. The molecule has 0 bridgehead atoms. The van der Waals surface area contributed by atoms with E-state index in [9.17, 15) is 4.79 Å². The van der Waals surface area contributed by atoms with Gasteiger partial charge in [0.05, 0.1) is 25.9 Å². The van der Waals surface area contributed by atoms with Crippen LogP contribution in [0.1, 0.15) is 11.8 Å². The topological polar surface area (TPSA) is 63.1 Å². The molecule has 2 heterocycles. The van der Waals surface area contributed by atoms with E-state index >= 15 is 0 Å². The minimum Gasteiger partial charge on any atom is -0.376 e. The largest absolute Gasteiger partial charge is 0.376 e. The van der Waals surface area contributed by atoms with Crippen molar-refractivity contribution in [3.63, 3.8) is 0 Å². The lowest BCUT2D eigenvalue weighted by Crippen LogP contribution is -2.41. The average Bonchev–Trinajstić information content (AvgIpc) is 3.27. The fourth-order valence-electron chi connectivity index (χ4n) is 1.98. The Balaban J connectivity index is 1.45. The van der Waals surface area contributed by atoms with Gasteiger partial charge in [0, 0.05) is 12.1 Å². The Kier molecular flexibility index (Phi) is 3.63. The number of urea groups is 1. The molecule has 2 saturated heterocycles. The van der Waals surface area contributed by atoms with Crippen LogP contribution in [0.3, 0.4) is 0 Å². The second kappa shape index (κ2) is 5.56. The number of hydroxylamine groups is 2. The number of hydrogen-bond acceptors (Lipinski definition) is 4. The highest BCUT2D eigenvalue weighted by atomic mass is 16.8. The molecule has 1 aromatic carbocycles. The smallest absolute Gasteiger partial charge is 0.344 e. The molecule has 1 N–H and O–H groups in total. The number of ether oxygens (including phenoxy) is 2. The van der Waals surface area contributed by atoms with Gasteiger partial charge in [0.25, 0.3) is 0 Å². The Bertz CT molecular complexity index is 434. The Morgan fingerprint density at radius 3 is 2.89 bits per heavy atom. The van der Waals surface area contributed by atoms with E-state index in [0.717, 1.165) is 5.56 Å². The number of amides is 2. The average molecular weight is 264 g/mol. The molecule has 1 aromatic rings. The number of hydrogen-bond donors (Lipinski definition) is 1. The number of nitrogens with zero attached hydrogens (tertiary/aromatic N) is 1. The third kappa shape index (κ3) is 3.04. The fraction of sp³-hybridized carbons (Fsp3) is 0.462. The number of rotatable bonds is 3. The molecule has 3 rings (SSSR count). The van der Waals surface area contributed by atoms with Gasteiger partial charge in [0.1, 0.15) is 0 Å². The molecule has 6 nitrogen and oxygen atoms in total. The van der Waals surface area contributed by atoms with E-state index in [1.54, 1.807) is 0 Å². The van der Waals surface area contributed by atoms with Gasteiger partial charge >= 0.3 is 6.03 Å². The van der Waals surface area contributed by atoms with Crippen LogP contribution in [0, 0.1) is 0 Å². The summed E-state index contributed by atoms with van der Waals surface area (Å²) in [6.45, 7) is 2.15. The van der Waals surface area contributed by atoms with Crippen molar-refractivity contribution in [3.05, 3.63) is 35.9 Å². The van der Waals surface area contributed by atoms with E-state index in [-0.39, 0.29) is 18.4 Å². The normalized spacial score (nSPS) is 26.0. The number of nitrogens with one attached hydrogen (secondary N) is 1. The van der Waals surface area contributed by atoms with Gasteiger partial charge in [0.2, 0.25) is 6.23 Å². The van der Waals surface area contributed by atoms with Gasteiger partial charge in [0.15, 0.2) is 0 Å². The molecule has 0 aliphatic carbocycles. The Morgan fingerprint density at radius 2 is 2.16 bits per heavy atom. The number of carbonyl (C=O) groups excluding carboxylic acids is 1. The monoisotopic (exact) mass is 264 g/mol. The van der Waals surface area contributed by atoms with Gasteiger partial charge in [-0.1, -0.05) is 30.3 Å². The third-order valence-electron chi connectivity index (χ3n) is 3.03. The molecule has 6 heteroatoms. The summed E-state index contributed by atoms with van der Waals surface area (Å²) in [6, 6.07) is 9.37. The van der Waals surface area contributed by atoms with Crippen molar-refractivity contribution in [1.29, 1.82) is 0 Å². The van der Waals surface area contributed by atoms with Crippen molar-refractivity contribution in [1.82, 2.24) is 10.4 Å². The van der Waals surface area contributed by atoms with Crippen molar-refractivity contribution >= 4 is 6.03 Å². The molecule has 102 valence electrons. The third-order valence-corrected chi connectivity index (χ3v) is 3.03. The molecule has 19 heavy (non-hydrogen) atoms. The van der Waals surface area contributed by atoms with Gasteiger partial charge < -0.3 is 14.8 Å². The van der Waals surface area contributed by atoms with E-state index in [1.807, 2.05) is 30.3 Å². The van der Waals surface area contributed by atoms with Crippen molar-refractivity contribution in [2.24, 2.45) is 0 Å². The van der Waals surface area contributed by atoms with E-state index in [0.29, 0.717) is 26.4 Å². The van der Waals surface area contributed by atoms with Gasteiger partial charge in [-0.2, -0.15) is 5.06 Å². The maximum Gasteiger partial charge on any atom is 0.344 e. The zero-order valence-electron chi connectivity index (χ0n) is 10.5. The minimum atomic E-state index is -0.273. The Labute approximate surface area is 111 Å². The van der Waals surface area contributed by atoms with E-state index < -0.39 is 0 Å². The molecule has 2 atom stereocenters. The van der Waals surface area contributed by atoms with Crippen LogP contribution in [0.4, 0.5) is 4.79 Å².